The van der Waals surface area contributed by atoms with Gasteiger partial charge in [0.05, 0.1) is 22.1 Å². The van der Waals surface area contributed by atoms with Crippen molar-refractivity contribution in [3.05, 3.63) is 69.3 Å². The molecule has 0 atom stereocenters. The highest BCUT2D eigenvalue weighted by Crippen LogP contribution is 2.34. The fourth-order valence-corrected chi connectivity index (χ4v) is 2.12. The van der Waals surface area contributed by atoms with Crippen molar-refractivity contribution >= 4 is 17.3 Å². The van der Waals surface area contributed by atoms with Gasteiger partial charge in [0.2, 0.25) is 0 Å². The number of esters is 1. The van der Waals surface area contributed by atoms with Crippen LogP contribution in [0.3, 0.4) is 0 Å². The molecule has 0 spiro atoms. The molecule has 0 saturated heterocycles. The van der Waals surface area contributed by atoms with Gasteiger partial charge in [-0.15, -0.1) is 0 Å². The Labute approximate surface area is 151 Å². The minimum Gasteiger partial charge on any atom is -0.460 e. The lowest BCUT2D eigenvalue weighted by Crippen LogP contribution is -2.17. The van der Waals surface area contributed by atoms with Gasteiger partial charge in [-0.05, 0) is 29.8 Å². The molecule has 0 aliphatic heterocycles. The highest BCUT2D eigenvalue weighted by atomic mass is 19.4. The number of ether oxygens (including phenoxy) is 1. The van der Waals surface area contributed by atoms with Crippen LogP contribution in [0.25, 0.3) is 0 Å². The van der Waals surface area contributed by atoms with Crippen molar-refractivity contribution in [2.75, 3.05) is 11.9 Å². The third kappa shape index (κ3) is 5.43. The molecule has 0 saturated carbocycles. The number of nitriles is 1. The Morgan fingerprint density at radius 3 is 2.63 bits per heavy atom. The van der Waals surface area contributed by atoms with Crippen LogP contribution in [0.1, 0.15) is 16.7 Å². The van der Waals surface area contributed by atoms with E-state index in [9.17, 15) is 28.1 Å². The van der Waals surface area contributed by atoms with Gasteiger partial charge >= 0.3 is 12.1 Å². The van der Waals surface area contributed by atoms with Gasteiger partial charge in [-0.25, -0.2) is 0 Å². The largest absolute Gasteiger partial charge is 0.460 e. The third-order valence-corrected chi connectivity index (χ3v) is 3.40. The Morgan fingerprint density at radius 1 is 1.26 bits per heavy atom. The monoisotopic (exact) mass is 379 g/mol. The zero-order valence-corrected chi connectivity index (χ0v) is 13.6. The van der Waals surface area contributed by atoms with Gasteiger partial charge in [0.15, 0.2) is 0 Å². The number of anilines is 1. The van der Waals surface area contributed by atoms with Crippen LogP contribution in [0.5, 0.6) is 0 Å². The Balaban J connectivity index is 2.00. The van der Waals surface area contributed by atoms with E-state index in [4.69, 9.17) is 10.00 Å². The highest BCUT2D eigenvalue weighted by Gasteiger charge is 2.33. The number of nitro groups is 1. The highest BCUT2D eigenvalue weighted by molar-refractivity contribution is 5.76. The first kappa shape index (κ1) is 19.7. The number of halogens is 3. The molecule has 0 heterocycles. The van der Waals surface area contributed by atoms with Crippen molar-refractivity contribution in [2.24, 2.45) is 0 Å². The van der Waals surface area contributed by atoms with Gasteiger partial charge < -0.3 is 10.1 Å². The fraction of sp³-hybridized carbons (Fsp3) is 0.176. The Hall–Kier alpha value is -3.61. The number of alkyl halides is 3. The van der Waals surface area contributed by atoms with Gasteiger partial charge in [-0.2, -0.15) is 18.4 Å². The van der Waals surface area contributed by atoms with E-state index >= 15 is 0 Å². The molecule has 0 amide bonds. The summed E-state index contributed by atoms with van der Waals surface area (Å²) >= 11 is 0. The molecule has 140 valence electrons. The molecule has 0 aromatic heterocycles. The topological polar surface area (TPSA) is 105 Å². The molecule has 0 aliphatic rings. The number of nitro benzene ring substituents is 1. The van der Waals surface area contributed by atoms with Crippen molar-refractivity contribution in [1.82, 2.24) is 0 Å². The lowest BCUT2D eigenvalue weighted by Gasteiger charge is -2.10. The molecular formula is C17H12F3N3O4. The zero-order valence-electron chi connectivity index (χ0n) is 13.6. The van der Waals surface area contributed by atoms with E-state index in [2.05, 4.69) is 5.32 Å². The summed E-state index contributed by atoms with van der Waals surface area (Å²) in [6, 6.07) is 10.2. The molecule has 27 heavy (non-hydrogen) atoms. The van der Waals surface area contributed by atoms with Gasteiger partial charge in [0.25, 0.3) is 5.69 Å². The summed E-state index contributed by atoms with van der Waals surface area (Å²) in [4.78, 5) is 21.7. The molecule has 0 bridgehead atoms. The van der Waals surface area contributed by atoms with Crippen LogP contribution in [-0.2, 0) is 22.3 Å². The maximum Gasteiger partial charge on any atom is 0.416 e. The lowest BCUT2D eigenvalue weighted by molar-refractivity contribution is -0.384. The van der Waals surface area contributed by atoms with Crippen molar-refractivity contribution in [1.29, 1.82) is 5.26 Å². The van der Waals surface area contributed by atoms with E-state index in [-0.39, 0.29) is 12.3 Å². The predicted molar refractivity (Wildman–Crippen MR) is 87.5 cm³/mol. The quantitative estimate of drug-likeness (QED) is 0.467. The lowest BCUT2D eigenvalue weighted by atomic mass is 10.1. The molecule has 1 N–H and O–H groups in total. The maximum absolute atomic E-state index is 12.7. The minimum absolute atomic E-state index is 0.120. The Bertz CT molecular complexity index is 907. The first-order chi connectivity index (χ1) is 12.7. The van der Waals surface area contributed by atoms with Crippen LogP contribution >= 0.6 is 0 Å². The molecule has 10 heteroatoms. The summed E-state index contributed by atoms with van der Waals surface area (Å²) in [5.41, 5.74) is -1.25. The first-order valence-corrected chi connectivity index (χ1v) is 7.45. The van der Waals surface area contributed by atoms with Crippen molar-refractivity contribution in [3.63, 3.8) is 0 Å². The second kappa shape index (κ2) is 8.18. The van der Waals surface area contributed by atoms with Gasteiger partial charge in [0, 0.05) is 6.07 Å². The second-order valence-corrected chi connectivity index (χ2v) is 5.31. The summed E-state index contributed by atoms with van der Waals surface area (Å²) < 4.78 is 42.9. The molecule has 0 unspecified atom stereocenters. The standard InChI is InChI=1S/C17H12F3N3O4/c18-17(19,20)13-4-5-14(15(7-13)23(25)26)22-9-16(24)27-10-12-3-1-2-11(6-12)8-21/h1-7,22H,9-10H2. The summed E-state index contributed by atoms with van der Waals surface area (Å²) in [6.45, 7) is -0.602. The zero-order chi connectivity index (χ0) is 20.0. The second-order valence-electron chi connectivity index (χ2n) is 5.31. The normalized spacial score (nSPS) is 10.7. The van der Waals surface area contributed by atoms with Crippen LogP contribution in [0, 0.1) is 21.4 Å². The van der Waals surface area contributed by atoms with E-state index in [1.165, 1.54) is 6.07 Å². The number of rotatable bonds is 6. The predicted octanol–water partition coefficient (Wildman–Crippen LogP) is 3.64. The first-order valence-electron chi connectivity index (χ1n) is 7.45. The summed E-state index contributed by atoms with van der Waals surface area (Å²) in [5, 5.41) is 22.2. The molecule has 2 aromatic carbocycles. The molecule has 7 nitrogen and oxygen atoms in total. The van der Waals surface area contributed by atoms with E-state index in [1.807, 2.05) is 6.07 Å². The van der Waals surface area contributed by atoms with Gasteiger partial charge in [-0.1, -0.05) is 12.1 Å². The van der Waals surface area contributed by atoms with E-state index in [0.717, 1.165) is 6.07 Å². The van der Waals surface area contributed by atoms with E-state index in [1.54, 1.807) is 18.2 Å². The number of nitrogens with zero attached hydrogens (tertiary/aromatic N) is 2. The van der Waals surface area contributed by atoms with Crippen LogP contribution in [-0.4, -0.2) is 17.4 Å². The summed E-state index contributed by atoms with van der Waals surface area (Å²) in [5.74, 6) is -0.772. The van der Waals surface area contributed by atoms with Crippen molar-refractivity contribution in [2.45, 2.75) is 12.8 Å². The van der Waals surface area contributed by atoms with Crippen molar-refractivity contribution in [3.8, 4) is 6.07 Å². The Morgan fingerprint density at radius 2 is 2.00 bits per heavy atom. The summed E-state index contributed by atoms with van der Waals surface area (Å²) in [6.07, 6.45) is -4.72. The molecule has 0 aliphatic carbocycles. The summed E-state index contributed by atoms with van der Waals surface area (Å²) in [7, 11) is 0. The number of hydrogen-bond acceptors (Lipinski definition) is 6. The SMILES string of the molecule is N#Cc1cccc(COC(=O)CNc2ccc(C(F)(F)F)cc2[N+](=O)[O-])c1. The number of nitrogens with one attached hydrogen (secondary N) is 1. The fourth-order valence-electron chi connectivity index (χ4n) is 2.12. The Kier molecular flexibility index (Phi) is 5.97. The van der Waals surface area contributed by atoms with Gasteiger partial charge in [0.1, 0.15) is 18.8 Å². The molecule has 0 fully saturated rings. The van der Waals surface area contributed by atoms with Crippen LogP contribution in [0.2, 0.25) is 0 Å². The number of benzene rings is 2. The molecular weight excluding hydrogens is 367 g/mol. The van der Waals surface area contributed by atoms with Crippen LogP contribution < -0.4 is 5.32 Å². The van der Waals surface area contributed by atoms with E-state index in [0.29, 0.717) is 23.3 Å². The van der Waals surface area contributed by atoms with Crippen molar-refractivity contribution < 1.29 is 27.6 Å². The maximum atomic E-state index is 12.7. The molecule has 2 rings (SSSR count). The van der Waals surface area contributed by atoms with Crippen LogP contribution in [0.4, 0.5) is 24.5 Å². The average molecular weight is 379 g/mol. The number of hydrogen-bond donors (Lipinski definition) is 1. The van der Waals surface area contributed by atoms with Gasteiger partial charge in [-0.3, -0.25) is 14.9 Å². The number of carbonyl (C=O) groups excluding carboxylic acids is 1. The molecule has 0 radical (unpaired) electrons. The smallest absolute Gasteiger partial charge is 0.416 e. The average Bonchev–Trinajstić information content (AvgIpc) is 2.63. The minimum atomic E-state index is -4.72. The number of carbonyl (C=O) groups is 1. The van der Waals surface area contributed by atoms with E-state index < -0.39 is 34.9 Å². The van der Waals surface area contributed by atoms with Crippen LogP contribution in [0.15, 0.2) is 42.5 Å². The third-order valence-electron chi connectivity index (χ3n) is 3.40. The molecule has 2 aromatic rings.